The lowest BCUT2D eigenvalue weighted by molar-refractivity contribution is 0.216. The lowest BCUT2D eigenvalue weighted by atomic mass is 11.0. The maximum Gasteiger partial charge on any atom is 0.155 e. The van der Waals surface area contributed by atoms with E-state index in [2.05, 4.69) is 10.6 Å². The van der Waals surface area contributed by atoms with Crippen molar-refractivity contribution in [3.05, 3.63) is 0 Å². The van der Waals surface area contributed by atoms with Crippen molar-refractivity contribution >= 4 is 11.8 Å². The largest absolute Gasteiger partial charge is 0.369 e. The molecule has 1 atom stereocenters. The summed E-state index contributed by atoms with van der Waals surface area (Å²) >= 11 is 1.45. The first-order valence-electron chi connectivity index (χ1n) is 2.13. The second-order valence-corrected chi connectivity index (χ2v) is 2.36. The third-order valence-electron chi connectivity index (χ3n) is 0.745. The van der Waals surface area contributed by atoms with Gasteiger partial charge in [0.1, 0.15) is 0 Å². The van der Waals surface area contributed by atoms with Crippen LogP contribution in [0.15, 0.2) is 0 Å². The molecule has 7 heavy (non-hydrogen) atoms. The van der Waals surface area contributed by atoms with Gasteiger partial charge in [-0.15, -0.1) is 0 Å². The van der Waals surface area contributed by atoms with Gasteiger partial charge in [-0.25, -0.2) is 0 Å². The number of hydrogen-bond donors (Lipinski definition) is 3. The summed E-state index contributed by atoms with van der Waals surface area (Å²) < 4.78 is 0. The van der Waals surface area contributed by atoms with E-state index >= 15 is 0 Å². The average Bonchev–Trinajstić information content (AvgIpc) is 1.69. The fourth-order valence-corrected chi connectivity index (χ4v) is 0.986. The molecule has 3 nitrogen and oxygen atoms in total. The highest BCUT2D eigenvalue weighted by atomic mass is 32.2. The quantitative estimate of drug-likeness (QED) is 0.388. The Kier molecular flexibility index (Phi) is 1.93. The van der Waals surface area contributed by atoms with Gasteiger partial charge in [0.15, 0.2) is 5.56 Å². The second-order valence-electron chi connectivity index (χ2n) is 1.29. The Balaban J connectivity index is 2.12. The summed E-state index contributed by atoms with van der Waals surface area (Å²) in [6, 6.07) is 0. The van der Waals surface area contributed by atoms with E-state index in [-0.39, 0.29) is 5.56 Å². The van der Waals surface area contributed by atoms with Crippen LogP contribution in [-0.2, 0) is 0 Å². The zero-order valence-corrected chi connectivity index (χ0v) is 4.66. The Labute approximate surface area is 46.5 Å². The molecule has 1 unspecified atom stereocenters. The minimum Gasteiger partial charge on any atom is -0.369 e. The molecule has 1 aliphatic rings. The molecule has 0 saturated carbocycles. The number of thioether (sulfide) groups is 1. The van der Waals surface area contributed by atoms with Gasteiger partial charge < -0.3 is 5.11 Å². The SMILES string of the molecule is OC1NCNCS1. The van der Waals surface area contributed by atoms with Gasteiger partial charge in [0, 0.05) is 12.5 Å². The molecule has 1 heterocycles. The standard InChI is InChI=1S/C3H8N2OS/c6-3-5-1-4-2-7-3/h3-6H,1-2H2. The van der Waals surface area contributed by atoms with Crippen LogP contribution in [0.3, 0.4) is 0 Å². The van der Waals surface area contributed by atoms with E-state index in [4.69, 9.17) is 5.11 Å². The monoisotopic (exact) mass is 120 g/mol. The van der Waals surface area contributed by atoms with Gasteiger partial charge in [-0.3, -0.25) is 10.6 Å². The van der Waals surface area contributed by atoms with Gasteiger partial charge in [0.25, 0.3) is 0 Å². The van der Waals surface area contributed by atoms with Crippen LogP contribution >= 0.6 is 11.8 Å². The van der Waals surface area contributed by atoms with Crippen LogP contribution in [-0.4, -0.2) is 23.2 Å². The fraction of sp³-hybridized carbons (Fsp3) is 1.00. The number of nitrogens with one attached hydrogen (secondary N) is 2. The fourth-order valence-electron chi connectivity index (χ4n) is 0.407. The number of aliphatic hydroxyl groups excluding tert-OH is 1. The Morgan fingerprint density at radius 1 is 1.71 bits per heavy atom. The van der Waals surface area contributed by atoms with Gasteiger partial charge >= 0.3 is 0 Å². The molecule has 0 aromatic heterocycles. The van der Waals surface area contributed by atoms with Crippen molar-refractivity contribution in [2.45, 2.75) is 5.56 Å². The smallest absolute Gasteiger partial charge is 0.155 e. The van der Waals surface area contributed by atoms with Crippen molar-refractivity contribution < 1.29 is 5.11 Å². The number of hydrogen-bond acceptors (Lipinski definition) is 4. The first kappa shape index (κ1) is 5.37. The molecular weight excluding hydrogens is 112 g/mol. The topological polar surface area (TPSA) is 44.3 Å². The van der Waals surface area contributed by atoms with Gasteiger partial charge in [-0.2, -0.15) is 0 Å². The molecular formula is C3H8N2OS. The minimum atomic E-state index is -0.360. The van der Waals surface area contributed by atoms with E-state index in [1.165, 1.54) is 11.8 Å². The van der Waals surface area contributed by atoms with Crippen molar-refractivity contribution in [1.29, 1.82) is 0 Å². The van der Waals surface area contributed by atoms with Crippen molar-refractivity contribution in [3.63, 3.8) is 0 Å². The van der Waals surface area contributed by atoms with Crippen LogP contribution in [0.25, 0.3) is 0 Å². The molecule has 0 aromatic rings. The Morgan fingerprint density at radius 3 is 2.86 bits per heavy atom. The normalized spacial score (nSPS) is 33.0. The molecule has 1 rings (SSSR count). The highest BCUT2D eigenvalue weighted by Gasteiger charge is 2.05. The number of rotatable bonds is 0. The predicted molar refractivity (Wildman–Crippen MR) is 29.6 cm³/mol. The van der Waals surface area contributed by atoms with E-state index in [1.54, 1.807) is 0 Å². The molecule has 3 N–H and O–H groups in total. The molecule has 1 aliphatic heterocycles. The van der Waals surface area contributed by atoms with E-state index in [0.717, 1.165) is 5.88 Å². The molecule has 1 fully saturated rings. The highest BCUT2D eigenvalue weighted by Crippen LogP contribution is 2.03. The zero-order valence-electron chi connectivity index (χ0n) is 3.85. The summed E-state index contributed by atoms with van der Waals surface area (Å²) in [5.74, 6) is 0.841. The summed E-state index contributed by atoms with van der Waals surface area (Å²) in [4.78, 5) is 0. The predicted octanol–water partition coefficient (Wildman–Crippen LogP) is -0.897. The second kappa shape index (κ2) is 2.52. The van der Waals surface area contributed by atoms with E-state index in [1.807, 2.05) is 0 Å². The first-order valence-corrected chi connectivity index (χ1v) is 3.18. The highest BCUT2D eigenvalue weighted by molar-refractivity contribution is 7.99. The van der Waals surface area contributed by atoms with E-state index in [9.17, 15) is 0 Å². The summed E-state index contributed by atoms with van der Waals surface area (Å²) in [5.41, 5.74) is -0.360. The maximum atomic E-state index is 8.72. The van der Waals surface area contributed by atoms with Gasteiger partial charge in [0.2, 0.25) is 0 Å². The van der Waals surface area contributed by atoms with Crippen LogP contribution < -0.4 is 10.6 Å². The minimum absolute atomic E-state index is 0.360. The van der Waals surface area contributed by atoms with Crippen LogP contribution in [0.1, 0.15) is 0 Å². The third-order valence-corrected chi connectivity index (χ3v) is 1.60. The third kappa shape index (κ3) is 1.65. The Morgan fingerprint density at radius 2 is 2.57 bits per heavy atom. The number of aliphatic hydroxyl groups is 1. The van der Waals surface area contributed by atoms with Crippen LogP contribution in [0.5, 0.6) is 0 Å². The van der Waals surface area contributed by atoms with Gasteiger partial charge in [0.05, 0.1) is 0 Å². The molecule has 4 heteroatoms. The van der Waals surface area contributed by atoms with Gasteiger partial charge in [-0.05, 0) is 0 Å². The molecule has 0 amide bonds. The molecule has 0 radical (unpaired) electrons. The lowest BCUT2D eigenvalue weighted by Crippen LogP contribution is -2.40. The lowest BCUT2D eigenvalue weighted by Gasteiger charge is -2.18. The van der Waals surface area contributed by atoms with Crippen molar-refractivity contribution in [2.75, 3.05) is 12.5 Å². The summed E-state index contributed by atoms with van der Waals surface area (Å²) in [5, 5.41) is 14.5. The molecule has 0 aromatic carbocycles. The summed E-state index contributed by atoms with van der Waals surface area (Å²) in [6.07, 6.45) is 0. The molecule has 1 saturated heterocycles. The van der Waals surface area contributed by atoms with E-state index in [0.29, 0.717) is 6.67 Å². The summed E-state index contributed by atoms with van der Waals surface area (Å²) in [6.45, 7) is 0.716. The van der Waals surface area contributed by atoms with Crippen molar-refractivity contribution in [1.82, 2.24) is 10.6 Å². The summed E-state index contributed by atoms with van der Waals surface area (Å²) in [7, 11) is 0. The van der Waals surface area contributed by atoms with Gasteiger partial charge in [-0.1, -0.05) is 11.8 Å². The maximum absolute atomic E-state index is 8.72. The van der Waals surface area contributed by atoms with Crippen LogP contribution in [0, 0.1) is 0 Å². The van der Waals surface area contributed by atoms with Crippen molar-refractivity contribution in [2.24, 2.45) is 0 Å². The molecule has 42 valence electrons. The first-order chi connectivity index (χ1) is 3.39. The van der Waals surface area contributed by atoms with Crippen molar-refractivity contribution in [3.8, 4) is 0 Å². The van der Waals surface area contributed by atoms with Crippen LogP contribution in [0.4, 0.5) is 0 Å². The Bertz CT molecular complexity index is 54.9. The van der Waals surface area contributed by atoms with E-state index < -0.39 is 0 Å². The molecule has 0 spiro atoms. The molecule has 0 bridgehead atoms. The molecule has 0 aliphatic carbocycles. The zero-order chi connectivity index (χ0) is 5.11. The van der Waals surface area contributed by atoms with Crippen LogP contribution in [0.2, 0.25) is 0 Å². The Hall–Kier alpha value is 0.230. The average molecular weight is 120 g/mol.